The summed E-state index contributed by atoms with van der Waals surface area (Å²) in [5.41, 5.74) is 0.0839. The first kappa shape index (κ1) is 25.8. The number of aliphatic hydroxyl groups is 1. The van der Waals surface area contributed by atoms with E-state index in [1.807, 2.05) is 56.0 Å². The van der Waals surface area contributed by atoms with Crippen LogP contribution in [0, 0.1) is 0 Å². The summed E-state index contributed by atoms with van der Waals surface area (Å²) in [5, 5.41) is 11.4. The average Bonchev–Trinajstić information content (AvgIpc) is 3.54. The monoisotopic (exact) mass is 533 g/mol. The van der Waals surface area contributed by atoms with Crippen LogP contribution in [0.2, 0.25) is 0 Å². The smallest absolute Gasteiger partial charge is 0.410 e. The normalized spacial score (nSPS) is 24.9. The number of ether oxygens (including phenoxy) is 2. The van der Waals surface area contributed by atoms with E-state index >= 15 is 0 Å². The summed E-state index contributed by atoms with van der Waals surface area (Å²) in [7, 11) is 0. The second kappa shape index (κ2) is 8.78. The van der Waals surface area contributed by atoms with Crippen LogP contribution in [-0.2, 0) is 30.9 Å². The van der Waals surface area contributed by atoms with E-state index in [1.54, 1.807) is 11.1 Å². The Labute approximate surface area is 228 Å². The van der Waals surface area contributed by atoms with Crippen LogP contribution in [0.25, 0.3) is 0 Å². The highest BCUT2D eigenvalue weighted by molar-refractivity contribution is 5.95. The third-order valence-corrected chi connectivity index (χ3v) is 8.72. The molecular weight excluding hydrogens is 498 g/mol. The van der Waals surface area contributed by atoms with Crippen molar-refractivity contribution >= 4 is 18.0 Å². The van der Waals surface area contributed by atoms with Gasteiger partial charge in [0.2, 0.25) is 5.91 Å². The maximum atomic E-state index is 13.8. The highest BCUT2D eigenvalue weighted by Crippen LogP contribution is 2.52. The molecule has 1 atom stereocenters. The number of esters is 1. The van der Waals surface area contributed by atoms with Crippen molar-refractivity contribution in [3.63, 3.8) is 0 Å². The highest BCUT2D eigenvalue weighted by atomic mass is 16.6. The number of likely N-dealkylation sites (tertiary alicyclic amines) is 2. The van der Waals surface area contributed by atoms with Gasteiger partial charge in [-0.3, -0.25) is 9.78 Å². The molecule has 0 unspecified atom stereocenters. The summed E-state index contributed by atoms with van der Waals surface area (Å²) in [6.45, 7) is 7.22. The lowest BCUT2D eigenvalue weighted by molar-refractivity contribution is -0.134. The van der Waals surface area contributed by atoms with Crippen LogP contribution < -0.4 is 0 Å². The van der Waals surface area contributed by atoms with E-state index in [2.05, 4.69) is 4.98 Å². The Morgan fingerprint density at radius 2 is 1.59 bits per heavy atom. The molecule has 3 aliphatic heterocycles. The van der Waals surface area contributed by atoms with Gasteiger partial charge in [0, 0.05) is 44.0 Å². The third kappa shape index (κ3) is 4.36. The van der Waals surface area contributed by atoms with Crippen LogP contribution in [0.1, 0.15) is 79.9 Å². The van der Waals surface area contributed by atoms with Gasteiger partial charge in [0.1, 0.15) is 5.60 Å². The zero-order chi connectivity index (χ0) is 27.6. The number of nitrogens with zero attached hydrogens (tertiary/aromatic N) is 3. The van der Waals surface area contributed by atoms with Crippen molar-refractivity contribution in [3.8, 4) is 0 Å². The van der Waals surface area contributed by atoms with E-state index in [0.717, 1.165) is 29.5 Å². The van der Waals surface area contributed by atoms with E-state index in [9.17, 15) is 19.5 Å². The van der Waals surface area contributed by atoms with Gasteiger partial charge in [0.05, 0.1) is 23.1 Å². The highest BCUT2D eigenvalue weighted by Gasteiger charge is 2.58. The standard InChI is InChI=1S/C30H35N3O6/c1-27(2,3)39-26(36)32-15-11-29(37,12-16-32)21-6-4-20(5-7-21)28(9-10-28)25(35)33-17-13-30(19-33)23-8-14-31-18-22(23)24(34)38-30/h4-8,14,18,37H,9-13,15-17,19H2,1-3H3/t30-/m0/s1. The lowest BCUT2D eigenvalue weighted by atomic mass is 9.83. The Morgan fingerprint density at radius 1 is 0.949 bits per heavy atom. The fourth-order valence-corrected chi connectivity index (χ4v) is 6.33. The van der Waals surface area contributed by atoms with Gasteiger partial charge >= 0.3 is 12.1 Å². The van der Waals surface area contributed by atoms with E-state index in [1.165, 1.54) is 6.20 Å². The molecule has 4 aliphatic rings. The van der Waals surface area contributed by atoms with Gasteiger partial charge in [-0.1, -0.05) is 24.3 Å². The summed E-state index contributed by atoms with van der Waals surface area (Å²) in [5.74, 6) is -0.311. The second-order valence-electron chi connectivity index (χ2n) is 12.4. The van der Waals surface area contributed by atoms with E-state index < -0.39 is 22.2 Å². The minimum absolute atomic E-state index is 0.0649. The first-order valence-electron chi connectivity index (χ1n) is 13.7. The van der Waals surface area contributed by atoms with Crippen molar-refractivity contribution in [2.24, 2.45) is 0 Å². The van der Waals surface area contributed by atoms with Crippen LogP contribution in [0.5, 0.6) is 0 Å². The van der Waals surface area contributed by atoms with Gasteiger partial charge in [-0.25, -0.2) is 9.59 Å². The van der Waals surface area contributed by atoms with Gasteiger partial charge < -0.3 is 24.4 Å². The number of rotatable bonds is 3. The summed E-state index contributed by atoms with van der Waals surface area (Å²) >= 11 is 0. The molecule has 4 heterocycles. The SMILES string of the molecule is CC(C)(C)OC(=O)N1CCC(O)(c2ccc(C3(C(=O)N4CC[C@@]5(C4)OC(=O)c4cnccc45)CC3)cc2)CC1. The molecule has 206 valence electrons. The summed E-state index contributed by atoms with van der Waals surface area (Å²) in [4.78, 5) is 46.2. The fraction of sp³-hybridized carbons (Fsp3) is 0.533. The van der Waals surface area contributed by atoms with E-state index in [-0.39, 0.29) is 18.0 Å². The molecule has 9 heteroatoms. The summed E-state index contributed by atoms with van der Waals surface area (Å²) in [6.07, 6.45) is 5.79. The molecule has 2 amide bonds. The van der Waals surface area contributed by atoms with E-state index in [4.69, 9.17) is 9.47 Å². The predicted octanol–water partition coefficient (Wildman–Crippen LogP) is 3.63. The first-order valence-corrected chi connectivity index (χ1v) is 13.7. The summed E-state index contributed by atoms with van der Waals surface area (Å²) < 4.78 is 11.3. The topological polar surface area (TPSA) is 109 Å². The number of hydrogen-bond acceptors (Lipinski definition) is 7. The minimum atomic E-state index is -1.03. The fourth-order valence-electron chi connectivity index (χ4n) is 6.33. The van der Waals surface area contributed by atoms with Crippen molar-refractivity contribution < 1.29 is 29.0 Å². The number of carbonyl (C=O) groups is 3. The van der Waals surface area contributed by atoms with E-state index in [0.29, 0.717) is 51.0 Å². The van der Waals surface area contributed by atoms with Gasteiger partial charge in [0.15, 0.2) is 5.60 Å². The quantitative estimate of drug-likeness (QED) is 0.600. The molecular formula is C30H35N3O6. The molecule has 9 nitrogen and oxygen atoms in total. The van der Waals surface area contributed by atoms with Crippen LogP contribution in [-0.4, -0.2) is 69.6 Å². The maximum absolute atomic E-state index is 13.8. The Balaban J connectivity index is 1.13. The molecule has 2 saturated heterocycles. The predicted molar refractivity (Wildman–Crippen MR) is 141 cm³/mol. The van der Waals surface area contributed by atoms with Crippen molar-refractivity contribution in [1.29, 1.82) is 0 Å². The van der Waals surface area contributed by atoms with Crippen LogP contribution in [0.15, 0.2) is 42.7 Å². The number of benzene rings is 1. The molecule has 1 spiro atoms. The Hall–Kier alpha value is -3.46. The molecule has 0 radical (unpaired) electrons. The van der Waals surface area contributed by atoms with Crippen LogP contribution in [0.4, 0.5) is 4.79 Å². The van der Waals surface area contributed by atoms with Gasteiger partial charge in [-0.15, -0.1) is 0 Å². The average molecular weight is 534 g/mol. The molecule has 3 fully saturated rings. The van der Waals surface area contributed by atoms with Crippen molar-refractivity contribution in [2.45, 2.75) is 75.1 Å². The Kier molecular flexibility index (Phi) is 5.81. The number of fused-ring (bicyclic) bond motifs is 2. The number of amides is 2. The van der Waals surface area contributed by atoms with Gasteiger partial charge in [-0.2, -0.15) is 0 Å². The third-order valence-electron chi connectivity index (χ3n) is 8.72. The van der Waals surface area contributed by atoms with Gasteiger partial charge in [-0.05, 0) is 63.6 Å². The zero-order valence-electron chi connectivity index (χ0n) is 22.7. The molecule has 39 heavy (non-hydrogen) atoms. The number of carbonyl (C=O) groups excluding carboxylic acids is 3. The number of aromatic nitrogens is 1. The molecule has 6 rings (SSSR count). The molecule has 1 aromatic carbocycles. The largest absolute Gasteiger partial charge is 0.449 e. The lowest BCUT2D eigenvalue weighted by Gasteiger charge is -2.39. The maximum Gasteiger partial charge on any atom is 0.410 e. The van der Waals surface area contributed by atoms with Crippen LogP contribution >= 0.6 is 0 Å². The van der Waals surface area contributed by atoms with Crippen molar-refractivity contribution in [3.05, 3.63) is 65.0 Å². The molecule has 2 aromatic rings. The number of pyridine rings is 1. The molecule has 1 N–H and O–H groups in total. The molecule has 1 aliphatic carbocycles. The Bertz CT molecular complexity index is 1320. The lowest BCUT2D eigenvalue weighted by Crippen LogP contribution is -2.46. The Morgan fingerprint density at radius 3 is 2.23 bits per heavy atom. The van der Waals surface area contributed by atoms with Crippen molar-refractivity contribution in [2.75, 3.05) is 26.2 Å². The zero-order valence-corrected chi connectivity index (χ0v) is 22.7. The second-order valence-corrected chi connectivity index (χ2v) is 12.4. The molecule has 0 bridgehead atoms. The van der Waals surface area contributed by atoms with Gasteiger partial charge in [0.25, 0.3) is 0 Å². The number of piperidine rings is 1. The first-order chi connectivity index (χ1) is 18.4. The molecule has 1 saturated carbocycles. The summed E-state index contributed by atoms with van der Waals surface area (Å²) in [6, 6.07) is 9.57. The minimum Gasteiger partial charge on any atom is -0.449 e. The van der Waals surface area contributed by atoms with Crippen molar-refractivity contribution in [1.82, 2.24) is 14.8 Å². The molecule has 1 aromatic heterocycles. The number of hydrogen-bond donors (Lipinski definition) is 1. The van der Waals surface area contributed by atoms with Crippen LogP contribution in [0.3, 0.4) is 0 Å².